The molecule has 0 N–H and O–H groups in total. The van der Waals surface area contributed by atoms with E-state index in [4.69, 9.17) is 11.6 Å². The highest BCUT2D eigenvalue weighted by atomic mass is 35.5. The van der Waals surface area contributed by atoms with E-state index in [9.17, 15) is 4.79 Å². The number of piperidine rings is 1. The molecule has 1 atom stereocenters. The average Bonchev–Trinajstić information content (AvgIpc) is 2.82. The fourth-order valence-electron chi connectivity index (χ4n) is 2.45. The fraction of sp³-hybridized carbons (Fsp3) is 0.750. The molecule has 2 heterocycles. The molecule has 0 aliphatic carbocycles. The van der Waals surface area contributed by atoms with E-state index in [-0.39, 0.29) is 5.91 Å². The maximum atomic E-state index is 12.0. The van der Waals surface area contributed by atoms with Gasteiger partial charge in [-0.2, -0.15) is 0 Å². The van der Waals surface area contributed by atoms with Crippen molar-refractivity contribution in [2.45, 2.75) is 31.6 Å². The lowest BCUT2D eigenvalue weighted by atomic mass is 9.97. The molecule has 1 saturated heterocycles. The van der Waals surface area contributed by atoms with E-state index < -0.39 is 0 Å². The minimum Gasteiger partial charge on any atom is -0.342 e. The molecule has 1 unspecified atom stereocenters. The van der Waals surface area contributed by atoms with Gasteiger partial charge in [-0.3, -0.25) is 4.79 Å². The number of carbonyl (C=O) groups is 1. The fourth-order valence-corrected chi connectivity index (χ4v) is 2.59. The summed E-state index contributed by atoms with van der Waals surface area (Å²) < 4.78 is 1.94. The average molecular weight is 271 g/mol. The Morgan fingerprint density at radius 2 is 2.44 bits per heavy atom. The van der Waals surface area contributed by atoms with E-state index in [1.54, 1.807) is 6.33 Å². The van der Waals surface area contributed by atoms with Crippen LogP contribution in [0, 0.1) is 0 Å². The van der Waals surface area contributed by atoms with E-state index in [1.165, 1.54) is 0 Å². The van der Waals surface area contributed by atoms with Gasteiger partial charge in [-0.15, -0.1) is 21.8 Å². The summed E-state index contributed by atoms with van der Waals surface area (Å²) in [6.45, 7) is 1.61. The van der Waals surface area contributed by atoms with Gasteiger partial charge in [0.15, 0.2) is 0 Å². The Labute approximate surface area is 112 Å². The van der Waals surface area contributed by atoms with E-state index in [0.29, 0.717) is 18.2 Å². The molecule has 1 aliphatic rings. The van der Waals surface area contributed by atoms with Crippen molar-refractivity contribution in [2.75, 3.05) is 19.0 Å². The summed E-state index contributed by atoms with van der Waals surface area (Å²) in [7, 11) is 1.95. The van der Waals surface area contributed by atoms with E-state index in [0.717, 1.165) is 38.2 Å². The Kier molecular flexibility index (Phi) is 4.58. The molecule has 18 heavy (non-hydrogen) atoms. The first kappa shape index (κ1) is 13.3. The van der Waals surface area contributed by atoms with Crippen molar-refractivity contribution < 1.29 is 4.79 Å². The number of carbonyl (C=O) groups excluding carboxylic acids is 1. The van der Waals surface area contributed by atoms with Crippen LogP contribution < -0.4 is 0 Å². The number of aryl methyl sites for hydroxylation is 1. The number of amides is 1. The normalized spacial score (nSPS) is 20.1. The lowest BCUT2D eigenvalue weighted by molar-refractivity contribution is -0.132. The second-order valence-electron chi connectivity index (χ2n) is 4.77. The van der Waals surface area contributed by atoms with Gasteiger partial charge < -0.3 is 9.47 Å². The zero-order valence-corrected chi connectivity index (χ0v) is 11.4. The smallest absolute Gasteiger partial charge is 0.222 e. The zero-order chi connectivity index (χ0) is 13.0. The van der Waals surface area contributed by atoms with Crippen LogP contribution in [0.1, 0.15) is 37.4 Å². The Bertz CT molecular complexity index is 407. The minimum absolute atomic E-state index is 0.211. The van der Waals surface area contributed by atoms with Crippen molar-refractivity contribution >= 4 is 17.5 Å². The third-order valence-corrected chi connectivity index (χ3v) is 3.68. The summed E-state index contributed by atoms with van der Waals surface area (Å²) in [5, 5.41) is 8.06. The van der Waals surface area contributed by atoms with E-state index >= 15 is 0 Å². The monoisotopic (exact) mass is 270 g/mol. The van der Waals surface area contributed by atoms with E-state index in [1.807, 2.05) is 16.5 Å². The lowest BCUT2D eigenvalue weighted by Crippen LogP contribution is -2.39. The van der Waals surface area contributed by atoms with Gasteiger partial charge in [0.25, 0.3) is 0 Å². The van der Waals surface area contributed by atoms with Crippen LogP contribution in [-0.4, -0.2) is 44.5 Å². The molecule has 1 amide bonds. The Morgan fingerprint density at radius 1 is 1.61 bits per heavy atom. The highest BCUT2D eigenvalue weighted by Gasteiger charge is 2.26. The molecule has 2 rings (SSSR count). The number of rotatable bonds is 4. The first-order valence-corrected chi connectivity index (χ1v) is 6.93. The van der Waals surface area contributed by atoms with Crippen molar-refractivity contribution in [3.05, 3.63) is 12.2 Å². The van der Waals surface area contributed by atoms with Gasteiger partial charge in [-0.1, -0.05) is 0 Å². The predicted molar refractivity (Wildman–Crippen MR) is 69.5 cm³/mol. The Hall–Kier alpha value is -1.10. The third kappa shape index (κ3) is 3.02. The lowest BCUT2D eigenvalue weighted by Gasteiger charge is -2.32. The van der Waals surface area contributed by atoms with Gasteiger partial charge in [0.05, 0.1) is 0 Å². The van der Waals surface area contributed by atoms with Crippen LogP contribution in [0.5, 0.6) is 0 Å². The SMILES string of the molecule is Cn1cnnc1C1CCCN(C(=O)CCCCl)C1. The topological polar surface area (TPSA) is 51.0 Å². The summed E-state index contributed by atoms with van der Waals surface area (Å²) in [6.07, 6.45) is 5.13. The molecule has 0 spiro atoms. The van der Waals surface area contributed by atoms with Crippen molar-refractivity contribution in [3.8, 4) is 0 Å². The molecule has 0 bridgehead atoms. The molecular weight excluding hydrogens is 252 g/mol. The maximum absolute atomic E-state index is 12.0. The second-order valence-corrected chi connectivity index (χ2v) is 5.15. The minimum atomic E-state index is 0.211. The van der Waals surface area contributed by atoms with Gasteiger partial charge in [-0.05, 0) is 19.3 Å². The standard InChI is InChI=1S/C12H19ClN4O/c1-16-9-14-15-12(16)10-4-3-7-17(8-10)11(18)5-2-6-13/h9-10H,2-8H2,1H3. The number of nitrogens with zero attached hydrogens (tertiary/aromatic N) is 4. The molecule has 0 radical (unpaired) electrons. The van der Waals surface area contributed by atoms with Crippen LogP contribution in [0.4, 0.5) is 0 Å². The van der Waals surface area contributed by atoms with Gasteiger partial charge in [0.1, 0.15) is 12.2 Å². The highest BCUT2D eigenvalue weighted by Crippen LogP contribution is 2.25. The zero-order valence-electron chi connectivity index (χ0n) is 10.7. The van der Waals surface area contributed by atoms with Crippen molar-refractivity contribution in [2.24, 2.45) is 7.05 Å². The van der Waals surface area contributed by atoms with Crippen LogP contribution in [0.25, 0.3) is 0 Å². The number of hydrogen-bond donors (Lipinski definition) is 0. The maximum Gasteiger partial charge on any atom is 0.222 e. The summed E-state index contributed by atoms with van der Waals surface area (Å²) in [5.41, 5.74) is 0. The summed E-state index contributed by atoms with van der Waals surface area (Å²) in [4.78, 5) is 13.9. The van der Waals surface area contributed by atoms with Crippen LogP contribution in [0.3, 0.4) is 0 Å². The van der Waals surface area contributed by atoms with Crippen LogP contribution in [0.2, 0.25) is 0 Å². The summed E-state index contributed by atoms with van der Waals surface area (Å²) in [6, 6.07) is 0. The molecule has 1 aliphatic heterocycles. The Morgan fingerprint density at radius 3 is 3.11 bits per heavy atom. The second kappa shape index (κ2) is 6.18. The number of halogens is 1. The Balaban J connectivity index is 1.96. The number of alkyl halides is 1. The van der Waals surface area contributed by atoms with Gasteiger partial charge in [0.2, 0.25) is 5.91 Å². The quantitative estimate of drug-likeness (QED) is 0.780. The van der Waals surface area contributed by atoms with Crippen LogP contribution in [0.15, 0.2) is 6.33 Å². The van der Waals surface area contributed by atoms with Crippen LogP contribution >= 0.6 is 11.6 Å². The number of hydrogen-bond acceptors (Lipinski definition) is 3. The van der Waals surface area contributed by atoms with E-state index in [2.05, 4.69) is 10.2 Å². The predicted octanol–water partition coefficient (Wildman–Crippen LogP) is 1.54. The molecule has 1 aromatic rings. The van der Waals surface area contributed by atoms with Crippen molar-refractivity contribution in [1.29, 1.82) is 0 Å². The van der Waals surface area contributed by atoms with Gasteiger partial charge in [0, 0.05) is 38.4 Å². The number of aromatic nitrogens is 3. The molecule has 0 aromatic carbocycles. The molecule has 100 valence electrons. The van der Waals surface area contributed by atoms with Gasteiger partial charge >= 0.3 is 0 Å². The number of likely N-dealkylation sites (tertiary alicyclic amines) is 1. The van der Waals surface area contributed by atoms with Crippen molar-refractivity contribution in [1.82, 2.24) is 19.7 Å². The van der Waals surface area contributed by atoms with Crippen molar-refractivity contribution in [3.63, 3.8) is 0 Å². The first-order valence-electron chi connectivity index (χ1n) is 6.40. The van der Waals surface area contributed by atoms with Crippen LogP contribution in [-0.2, 0) is 11.8 Å². The molecule has 1 aromatic heterocycles. The molecule has 1 fully saturated rings. The highest BCUT2D eigenvalue weighted by molar-refractivity contribution is 6.17. The first-order chi connectivity index (χ1) is 8.72. The molecular formula is C12H19ClN4O. The molecule has 5 nitrogen and oxygen atoms in total. The molecule has 0 saturated carbocycles. The summed E-state index contributed by atoms with van der Waals surface area (Å²) >= 11 is 5.62. The van der Waals surface area contributed by atoms with Gasteiger partial charge in [-0.25, -0.2) is 0 Å². The molecule has 6 heteroatoms. The summed E-state index contributed by atoms with van der Waals surface area (Å²) in [5.74, 6) is 2.05. The largest absolute Gasteiger partial charge is 0.342 e. The third-order valence-electron chi connectivity index (χ3n) is 3.41.